The molecular formula is C24H26N2O. The number of fused-ring (bicyclic) bond motifs is 1. The van der Waals surface area contributed by atoms with Gasteiger partial charge in [0.05, 0.1) is 16.8 Å². The maximum Gasteiger partial charge on any atom is 0.255 e. The molecule has 1 aliphatic heterocycles. The highest BCUT2D eigenvalue weighted by atomic mass is 16.2. The number of para-hydroxylation sites is 1. The second-order valence-corrected chi connectivity index (χ2v) is 7.78. The Hall–Kier alpha value is -2.68. The summed E-state index contributed by atoms with van der Waals surface area (Å²) in [7, 11) is 0. The van der Waals surface area contributed by atoms with Crippen LogP contribution in [0.1, 0.15) is 49.0 Å². The third-order valence-corrected chi connectivity index (χ3v) is 5.69. The fourth-order valence-electron chi connectivity index (χ4n) is 4.27. The molecule has 2 atom stereocenters. The first kappa shape index (κ1) is 17.7. The molecule has 138 valence electrons. The molecule has 0 N–H and O–H groups in total. The van der Waals surface area contributed by atoms with Gasteiger partial charge in [0.15, 0.2) is 0 Å². The Kier molecular flexibility index (Phi) is 4.69. The van der Waals surface area contributed by atoms with Crippen LogP contribution in [0.3, 0.4) is 0 Å². The molecule has 1 aromatic heterocycles. The highest BCUT2D eigenvalue weighted by Crippen LogP contribution is 2.30. The van der Waals surface area contributed by atoms with Crippen LogP contribution in [-0.2, 0) is 0 Å². The maximum absolute atomic E-state index is 13.6. The van der Waals surface area contributed by atoms with Gasteiger partial charge in [-0.1, -0.05) is 42.0 Å². The minimum atomic E-state index is 0.127. The Bertz CT molecular complexity index is 985. The van der Waals surface area contributed by atoms with E-state index in [-0.39, 0.29) is 18.0 Å². The highest BCUT2D eigenvalue weighted by molar-refractivity contribution is 6.07. The van der Waals surface area contributed by atoms with Crippen LogP contribution in [0.2, 0.25) is 0 Å². The fourth-order valence-corrected chi connectivity index (χ4v) is 4.27. The monoisotopic (exact) mass is 358 g/mol. The molecule has 3 heteroatoms. The van der Waals surface area contributed by atoms with Gasteiger partial charge in [-0.25, -0.2) is 4.98 Å². The molecule has 0 bridgehead atoms. The minimum Gasteiger partial charge on any atom is -0.333 e. The molecule has 3 nitrogen and oxygen atoms in total. The number of amides is 1. The Labute approximate surface area is 161 Å². The van der Waals surface area contributed by atoms with Gasteiger partial charge in [0.25, 0.3) is 5.91 Å². The van der Waals surface area contributed by atoms with Crippen molar-refractivity contribution in [3.05, 3.63) is 65.7 Å². The van der Waals surface area contributed by atoms with Crippen LogP contribution in [0.4, 0.5) is 0 Å². The smallest absolute Gasteiger partial charge is 0.255 e. The molecule has 1 aliphatic rings. The van der Waals surface area contributed by atoms with E-state index >= 15 is 0 Å². The van der Waals surface area contributed by atoms with Gasteiger partial charge in [-0.3, -0.25) is 4.79 Å². The van der Waals surface area contributed by atoms with E-state index in [0.29, 0.717) is 0 Å². The van der Waals surface area contributed by atoms with Crippen LogP contribution in [-0.4, -0.2) is 27.9 Å². The van der Waals surface area contributed by atoms with Crippen molar-refractivity contribution in [2.45, 2.75) is 52.1 Å². The molecule has 1 amide bonds. The zero-order chi connectivity index (χ0) is 19.0. The Morgan fingerprint density at radius 3 is 2.48 bits per heavy atom. The van der Waals surface area contributed by atoms with E-state index in [1.54, 1.807) is 0 Å². The molecule has 1 fully saturated rings. The number of pyridine rings is 1. The van der Waals surface area contributed by atoms with E-state index < -0.39 is 0 Å². The molecule has 2 unspecified atom stereocenters. The summed E-state index contributed by atoms with van der Waals surface area (Å²) >= 11 is 0. The van der Waals surface area contributed by atoms with Gasteiger partial charge < -0.3 is 4.90 Å². The summed E-state index contributed by atoms with van der Waals surface area (Å²) in [5, 5.41) is 0.934. The maximum atomic E-state index is 13.6. The van der Waals surface area contributed by atoms with Crippen molar-refractivity contribution in [2.75, 3.05) is 0 Å². The topological polar surface area (TPSA) is 33.2 Å². The van der Waals surface area contributed by atoms with Crippen LogP contribution in [0.15, 0.2) is 54.6 Å². The average molecular weight is 358 g/mol. The lowest BCUT2D eigenvalue weighted by atomic mass is 9.95. The number of carbonyl (C=O) groups excluding carboxylic acids is 1. The van der Waals surface area contributed by atoms with Gasteiger partial charge in [-0.2, -0.15) is 0 Å². The molecule has 2 heterocycles. The van der Waals surface area contributed by atoms with Crippen LogP contribution in [0.25, 0.3) is 22.2 Å². The van der Waals surface area contributed by atoms with Crippen LogP contribution >= 0.6 is 0 Å². The van der Waals surface area contributed by atoms with Gasteiger partial charge in [-0.05, 0) is 58.2 Å². The number of hydrogen-bond donors (Lipinski definition) is 0. The number of nitrogens with zero attached hydrogens (tertiary/aromatic N) is 2. The summed E-state index contributed by atoms with van der Waals surface area (Å²) < 4.78 is 0. The Balaban J connectivity index is 1.87. The normalized spacial score (nSPS) is 20.0. The Morgan fingerprint density at radius 2 is 1.74 bits per heavy atom. The van der Waals surface area contributed by atoms with Gasteiger partial charge in [-0.15, -0.1) is 0 Å². The Morgan fingerprint density at radius 1 is 1.00 bits per heavy atom. The standard InChI is InChI=1S/C24H26N2O/c1-16-8-6-11-19(14-16)23-15-21(20-12-4-5-13-22(20)25-23)24(27)26-17(2)9-7-10-18(26)3/h4-6,8,11-15,17-18H,7,9-10H2,1-3H3. The van der Waals surface area contributed by atoms with Gasteiger partial charge >= 0.3 is 0 Å². The van der Waals surface area contributed by atoms with E-state index in [1.165, 1.54) is 12.0 Å². The van der Waals surface area contributed by atoms with Crippen molar-refractivity contribution in [3.8, 4) is 11.3 Å². The lowest BCUT2D eigenvalue weighted by Gasteiger charge is -2.39. The van der Waals surface area contributed by atoms with E-state index in [1.807, 2.05) is 36.4 Å². The molecule has 4 rings (SSSR count). The number of aryl methyl sites for hydroxylation is 1. The quantitative estimate of drug-likeness (QED) is 0.596. The van der Waals surface area contributed by atoms with Crippen molar-refractivity contribution in [2.24, 2.45) is 0 Å². The molecular weight excluding hydrogens is 332 g/mol. The van der Waals surface area contributed by atoms with Crippen molar-refractivity contribution in [3.63, 3.8) is 0 Å². The van der Waals surface area contributed by atoms with Gasteiger partial charge in [0.1, 0.15) is 0 Å². The summed E-state index contributed by atoms with van der Waals surface area (Å²) in [5.41, 5.74) is 4.73. The lowest BCUT2D eigenvalue weighted by molar-refractivity contribution is 0.0513. The van der Waals surface area contributed by atoms with E-state index in [4.69, 9.17) is 4.98 Å². The number of carbonyl (C=O) groups is 1. The van der Waals surface area contributed by atoms with Crippen molar-refractivity contribution in [1.82, 2.24) is 9.88 Å². The largest absolute Gasteiger partial charge is 0.333 e. The number of benzene rings is 2. The summed E-state index contributed by atoms with van der Waals surface area (Å²) in [5.74, 6) is 0.127. The second kappa shape index (κ2) is 7.15. The molecule has 0 radical (unpaired) electrons. The van der Waals surface area contributed by atoms with E-state index in [2.05, 4.69) is 43.9 Å². The van der Waals surface area contributed by atoms with Crippen LogP contribution in [0, 0.1) is 6.92 Å². The predicted molar refractivity (Wildman–Crippen MR) is 111 cm³/mol. The first-order valence-corrected chi connectivity index (χ1v) is 9.84. The number of likely N-dealkylation sites (tertiary alicyclic amines) is 1. The SMILES string of the molecule is Cc1cccc(-c2cc(C(=O)N3C(C)CCCC3C)c3ccccc3n2)c1. The molecule has 1 saturated heterocycles. The molecule has 0 saturated carbocycles. The average Bonchev–Trinajstić information content (AvgIpc) is 2.67. The molecule has 3 aromatic rings. The van der Waals surface area contributed by atoms with Gasteiger partial charge in [0.2, 0.25) is 0 Å². The number of aromatic nitrogens is 1. The van der Waals surface area contributed by atoms with E-state index in [0.717, 1.165) is 40.6 Å². The number of hydrogen-bond acceptors (Lipinski definition) is 2. The first-order chi connectivity index (χ1) is 13.0. The lowest BCUT2D eigenvalue weighted by Crippen LogP contribution is -2.47. The zero-order valence-corrected chi connectivity index (χ0v) is 16.3. The number of rotatable bonds is 2. The molecule has 27 heavy (non-hydrogen) atoms. The van der Waals surface area contributed by atoms with Crippen molar-refractivity contribution >= 4 is 16.8 Å². The minimum absolute atomic E-state index is 0.127. The third kappa shape index (κ3) is 3.34. The van der Waals surface area contributed by atoms with Crippen LogP contribution in [0.5, 0.6) is 0 Å². The highest BCUT2D eigenvalue weighted by Gasteiger charge is 2.30. The molecule has 2 aromatic carbocycles. The summed E-state index contributed by atoms with van der Waals surface area (Å²) in [6.45, 7) is 6.41. The second-order valence-electron chi connectivity index (χ2n) is 7.78. The molecule has 0 aliphatic carbocycles. The van der Waals surface area contributed by atoms with Crippen molar-refractivity contribution < 1.29 is 4.79 Å². The first-order valence-electron chi connectivity index (χ1n) is 9.84. The zero-order valence-electron chi connectivity index (χ0n) is 16.3. The summed E-state index contributed by atoms with van der Waals surface area (Å²) in [6, 6.07) is 18.8. The van der Waals surface area contributed by atoms with Crippen molar-refractivity contribution in [1.29, 1.82) is 0 Å². The van der Waals surface area contributed by atoms with Crippen LogP contribution < -0.4 is 0 Å². The predicted octanol–water partition coefficient (Wildman–Crippen LogP) is 5.61. The summed E-state index contributed by atoms with van der Waals surface area (Å²) in [4.78, 5) is 20.5. The third-order valence-electron chi connectivity index (χ3n) is 5.69. The van der Waals surface area contributed by atoms with Gasteiger partial charge in [0, 0.05) is 23.0 Å². The number of piperidine rings is 1. The molecule has 0 spiro atoms. The van der Waals surface area contributed by atoms with E-state index in [9.17, 15) is 4.79 Å². The fraction of sp³-hybridized carbons (Fsp3) is 0.333. The summed E-state index contributed by atoms with van der Waals surface area (Å²) in [6.07, 6.45) is 3.34.